The molecule has 0 fully saturated rings. The van der Waals surface area contributed by atoms with Gasteiger partial charge in [-0.1, -0.05) is 32.6 Å². The molecule has 0 aliphatic heterocycles. The largest absolute Gasteiger partial charge is 0.480 e. The summed E-state index contributed by atoms with van der Waals surface area (Å²) < 4.78 is 1.43. The Hall–Kier alpha value is -1.99. The number of amides is 1. The zero-order valence-electron chi connectivity index (χ0n) is 11.7. The van der Waals surface area contributed by atoms with Crippen LogP contribution < -0.4 is 5.32 Å². The number of rotatable bonds is 10. The van der Waals surface area contributed by atoms with Gasteiger partial charge in [-0.3, -0.25) is 4.79 Å². The maximum absolute atomic E-state index is 11.7. The molecule has 20 heavy (non-hydrogen) atoms. The van der Waals surface area contributed by atoms with Gasteiger partial charge in [-0.15, -0.1) is 5.10 Å². The molecule has 1 heterocycles. The van der Waals surface area contributed by atoms with Gasteiger partial charge in [-0.2, -0.15) is 0 Å². The Labute approximate surface area is 117 Å². The first kappa shape index (κ1) is 16.1. The van der Waals surface area contributed by atoms with E-state index in [9.17, 15) is 9.59 Å². The van der Waals surface area contributed by atoms with Crippen LogP contribution in [0.15, 0.2) is 6.33 Å². The number of carbonyl (C=O) groups is 2. The molecule has 0 spiro atoms. The van der Waals surface area contributed by atoms with Crippen LogP contribution in [0.5, 0.6) is 0 Å². The van der Waals surface area contributed by atoms with Gasteiger partial charge in [0.15, 0.2) is 0 Å². The summed E-state index contributed by atoms with van der Waals surface area (Å²) >= 11 is 0. The number of hydrogen-bond donors (Lipinski definition) is 2. The Bertz CT molecular complexity index is 407. The second-order valence-corrected chi connectivity index (χ2v) is 4.63. The highest BCUT2D eigenvalue weighted by molar-refractivity contribution is 5.83. The van der Waals surface area contributed by atoms with Crippen LogP contribution in [0.25, 0.3) is 0 Å². The number of carbonyl (C=O) groups excluding carboxylic acids is 1. The lowest BCUT2D eigenvalue weighted by atomic mass is 10.1. The van der Waals surface area contributed by atoms with E-state index in [1.807, 2.05) is 0 Å². The third-order valence-electron chi connectivity index (χ3n) is 2.94. The minimum atomic E-state index is -0.989. The number of carboxylic acid groups (broad SMARTS) is 1. The summed E-state index contributed by atoms with van der Waals surface area (Å²) in [5, 5.41) is 22.2. The number of tetrazole rings is 1. The number of unbranched alkanes of at least 4 members (excludes halogenated alkanes) is 3. The first-order chi connectivity index (χ1) is 9.63. The lowest BCUT2D eigenvalue weighted by Gasteiger charge is -2.14. The number of nitrogens with zero attached hydrogens (tertiary/aromatic N) is 4. The van der Waals surface area contributed by atoms with E-state index in [0.717, 1.165) is 25.7 Å². The van der Waals surface area contributed by atoms with Crippen molar-refractivity contribution in [2.75, 3.05) is 0 Å². The third-order valence-corrected chi connectivity index (χ3v) is 2.94. The van der Waals surface area contributed by atoms with Crippen molar-refractivity contribution in [3.05, 3.63) is 6.33 Å². The van der Waals surface area contributed by atoms with Crippen LogP contribution in [0.1, 0.15) is 45.4 Å². The van der Waals surface area contributed by atoms with Gasteiger partial charge in [0.2, 0.25) is 5.91 Å². The maximum Gasteiger partial charge on any atom is 0.326 e. The Balaban J connectivity index is 2.29. The van der Waals surface area contributed by atoms with Crippen LogP contribution in [0, 0.1) is 0 Å². The average molecular weight is 283 g/mol. The smallest absolute Gasteiger partial charge is 0.326 e. The van der Waals surface area contributed by atoms with E-state index in [-0.39, 0.29) is 12.3 Å². The topological polar surface area (TPSA) is 110 Å². The molecular weight excluding hydrogens is 262 g/mol. The van der Waals surface area contributed by atoms with Crippen molar-refractivity contribution in [3.8, 4) is 0 Å². The zero-order valence-corrected chi connectivity index (χ0v) is 11.7. The van der Waals surface area contributed by atoms with Gasteiger partial charge in [-0.05, 0) is 16.8 Å². The van der Waals surface area contributed by atoms with Crippen molar-refractivity contribution in [1.82, 2.24) is 25.5 Å². The van der Waals surface area contributed by atoms with Gasteiger partial charge in [0.1, 0.15) is 12.4 Å². The molecule has 8 nitrogen and oxygen atoms in total. The van der Waals surface area contributed by atoms with Gasteiger partial charge in [0, 0.05) is 6.42 Å². The SMILES string of the molecule is CCCCCCC(NC(=O)CCn1cnnn1)C(=O)O. The van der Waals surface area contributed by atoms with E-state index in [1.54, 1.807) is 0 Å². The Morgan fingerprint density at radius 3 is 2.75 bits per heavy atom. The van der Waals surface area contributed by atoms with Gasteiger partial charge >= 0.3 is 5.97 Å². The number of carboxylic acids is 1. The van der Waals surface area contributed by atoms with Crippen LogP contribution in [-0.4, -0.2) is 43.2 Å². The Morgan fingerprint density at radius 1 is 1.35 bits per heavy atom. The quantitative estimate of drug-likeness (QED) is 0.608. The summed E-state index contributed by atoms with van der Waals surface area (Å²) in [6, 6.07) is -0.812. The molecule has 0 aliphatic rings. The van der Waals surface area contributed by atoms with Crippen LogP contribution >= 0.6 is 0 Å². The highest BCUT2D eigenvalue weighted by Crippen LogP contribution is 2.06. The van der Waals surface area contributed by atoms with Crippen LogP contribution in [0.3, 0.4) is 0 Å². The van der Waals surface area contributed by atoms with Crippen molar-refractivity contribution < 1.29 is 14.7 Å². The lowest BCUT2D eigenvalue weighted by Crippen LogP contribution is -2.41. The highest BCUT2D eigenvalue weighted by Gasteiger charge is 2.19. The van der Waals surface area contributed by atoms with Gasteiger partial charge in [0.25, 0.3) is 0 Å². The van der Waals surface area contributed by atoms with Crippen LogP contribution in [-0.2, 0) is 16.1 Å². The molecule has 0 aliphatic carbocycles. The van der Waals surface area contributed by atoms with E-state index in [1.165, 1.54) is 11.0 Å². The molecule has 0 saturated heterocycles. The van der Waals surface area contributed by atoms with Gasteiger partial charge < -0.3 is 10.4 Å². The highest BCUT2D eigenvalue weighted by atomic mass is 16.4. The van der Waals surface area contributed by atoms with Crippen LogP contribution in [0.4, 0.5) is 0 Å². The number of aliphatic carboxylic acids is 1. The van der Waals surface area contributed by atoms with Crippen molar-refractivity contribution >= 4 is 11.9 Å². The van der Waals surface area contributed by atoms with E-state index in [4.69, 9.17) is 5.11 Å². The number of nitrogens with one attached hydrogen (secondary N) is 1. The normalized spacial score (nSPS) is 12.1. The second-order valence-electron chi connectivity index (χ2n) is 4.63. The Kier molecular flexibility index (Phi) is 7.23. The van der Waals surface area contributed by atoms with Crippen molar-refractivity contribution in [1.29, 1.82) is 0 Å². The van der Waals surface area contributed by atoms with Gasteiger partial charge in [0.05, 0.1) is 6.54 Å². The predicted molar refractivity (Wildman–Crippen MR) is 70.8 cm³/mol. The molecule has 1 amide bonds. The number of hydrogen-bond acceptors (Lipinski definition) is 5. The molecule has 0 aromatic carbocycles. The summed E-state index contributed by atoms with van der Waals surface area (Å²) in [5.74, 6) is -1.29. The predicted octanol–water partition coefficient (Wildman–Crippen LogP) is 0.603. The summed E-state index contributed by atoms with van der Waals surface area (Å²) in [6.45, 7) is 2.43. The fourth-order valence-corrected chi connectivity index (χ4v) is 1.80. The molecule has 112 valence electrons. The molecule has 1 unspecified atom stereocenters. The lowest BCUT2D eigenvalue weighted by molar-refractivity contribution is -0.142. The molecule has 8 heteroatoms. The molecule has 0 saturated carbocycles. The third kappa shape index (κ3) is 6.26. The minimum absolute atomic E-state index is 0.157. The molecule has 1 aromatic heterocycles. The number of aryl methyl sites for hydroxylation is 1. The van der Waals surface area contributed by atoms with Crippen molar-refractivity contribution in [3.63, 3.8) is 0 Å². The molecule has 2 N–H and O–H groups in total. The monoisotopic (exact) mass is 283 g/mol. The number of aromatic nitrogens is 4. The molecule has 1 atom stereocenters. The zero-order chi connectivity index (χ0) is 14.8. The molecule has 1 aromatic rings. The maximum atomic E-state index is 11.7. The first-order valence-corrected chi connectivity index (χ1v) is 6.86. The van der Waals surface area contributed by atoms with E-state index in [0.29, 0.717) is 13.0 Å². The minimum Gasteiger partial charge on any atom is -0.480 e. The van der Waals surface area contributed by atoms with Crippen molar-refractivity contribution in [2.45, 2.75) is 58.0 Å². The standard InChI is InChI=1S/C12H21N5O3/c1-2-3-4-5-6-10(12(19)20)14-11(18)7-8-17-9-13-15-16-17/h9-10H,2-8H2,1H3,(H,14,18)(H,19,20). The fourth-order valence-electron chi connectivity index (χ4n) is 1.80. The van der Waals surface area contributed by atoms with E-state index >= 15 is 0 Å². The van der Waals surface area contributed by atoms with Crippen LogP contribution in [0.2, 0.25) is 0 Å². The van der Waals surface area contributed by atoms with Gasteiger partial charge in [-0.25, -0.2) is 9.48 Å². The molecular formula is C12H21N5O3. The molecule has 0 radical (unpaired) electrons. The average Bonchev–Trinajstić information content (AvgIpc) is 2.93. The summed E-state index contributed by atoms with van der Waals surface area (Å²) in [4.78, 5) is 22.8. The second kappa shape index (κ2) is 9.00. The summed E-state index contributed by atoms with van der Waals surface area (Å²) in [5.41, 5.74) is 0. The van der Waals surface area contributed by atoms with E-state index in [2.05, 4.69) is 27.8 Å². The first-order valence-electron chi connectivity index (χ1n) is 6.86. The fraction of sp³-hybridized carbons (Fsp3) is 0.750. The summed E-state index contributed by atoms with van der Waals surface area (Å²) in [6.07, 6.45) is 6.00. The van der Waals surface area contributed by atoms with Crippen molar-refractivity contribution in [2.24, 2.45) is 0 Å². The molecule has 1 rings (SSSR count). The summed E-state index contributed by atoms with van der Waals surface area (Å²) in [7, 11) is 0. The van der Waals surface area contributed by atoms with E-state index < -0.39 is 12.0 Å². The Morgan fingerprint density at radius 2 is 2.15 bits per heavy atom. The molecule has 0 bridgehead atoms.